The van der Waals surface area contributed by atoms with Crippen molar-refractivity contribution in [3.05, 3.63) is 0 Å². The molecule has 0 aromatic rings. The molecule has 0 aromatic heterocycles. The van der Waals surface area contributed by atoms with Gasteiger partial charge in [-0.15, -0.1) is 0 Å². The van der Waals surface area contributed by atoms with Crippen molar-refractivity contribution in [2.24, 2.45) is 0 Å². The van der Waals surface area contributed by atoms with Gasteiger partial charge in [-0.3, -0.25) is 9.69 Å². The van der Waals surface area contributed by atoms with Crippen LogP contribution >= 0.6 is 0 Å². The van der Waals surface area contributed by atoms with Gasteiger partial charge in [0.05, 0.1) is 12.6 Å². The summed E-state index contributed by atoms with van der Waals surface area (Å²) in [4.78, 5) is 14.0. The van der Waals surface area contributed by atoms with Gasteiger partial charge in [0.15, 0.2) is 0 Å². The maximum atomic E-state index is 12.0. The van der Waals surface area contributed by atoms with Gasteiger partial charge in [-0.1, -0.05) is 25.7 Å². The summed E-state index contributed by atoms with van der Waals surface area (Å²) in [6, 6.07) is 2.34. The van der Waals surface area contributed by atoms with Crippen LogP contribution in [-0.4, -0.2) is 50.1 Å². The van der Waals surface area contributed by atoms with Gasteiger partial charge >= 0.3 is 0 Å². The van der Waals surface area contributed by atoms with Gasteiger partial charge in [-0.2, -0.15) is 5.26 Å². The second kappa shape index (κ2) is 8.13. The van der Waals surface area contributed by atoms with E-state index < -0.39 is 5.54 Å². The monoisotopic (exact) mass is 266 g/mol. The van der Waals surface area contributed by atoms with Crippen LogP contribution in [0.4, 0.5) is 0 Å². The van der Waals surface area contributed by atoms with Crippen molar-refractivity contribution in [1.82, 2.24) is 15.5 Å². The molecule has 0 aliphatic heterocycles. The van der Waals surface area contributed by atoms with E-state index in [1.54, 1.807) is 0 Å². The molecule has 5 nitrogen and oxygen atoms in total. The van der Waals surface area contributed by atoms with E-state index in [-0.39, 0.29) is 5.91 Å². The molecule has 0 radical (unpaired) electrons. The normalized spacial score (nSPS) is 18.6. The van der Waals surface area contributed by atoms with Gasteiger partial charge in [0.2, 0.25) is 5.91 Å². The van der Waals surface area contributed by atoms with Crippen LogP contribution in [0.1, 0.15) is 38.5 Å². The molecular formula is C14H26N4O. The average Bonchev–Trinajstić information content (AvgIpc) is 2.62. The van der Waals surface area contributed by atoms with E-state index >= 15 is 0 Å². The fraction of sp³-hybridized carbons (Fsp3) is 0.857. The van der Waals surface area contributed by atoms with Crippen LogP contribution in [0.3, 0.4) is 0 Å². The zero-order valence-corrected chi connectivity index (χ0v) is 12.2. The van der Waals surface area contributed by atoms with Crippen LogP contribution in [0.5, 0.6) is 0 Å². The Morgan fingerprint density at radius 1 is 1.32 bits per heavy atom. The molecule has 19 heavy (non-hydrogen) atoms. The van der Waals surface area contributed by atoms with Crippen molar-refractivity contribution >= 4 is 5.91 Å². The Bertz CT molecular complexity index is 316. The van der Waals surface area contributed by atoms with Crippen LogP contribution in [0, 0.1) is 11.3 Å². The van der Waals surface area contributed by atoms with Crippen LogP contribution in [-0.2, 0) is 4.79 Å². The highest BCUT2D eigenvalue weighted by atomic mass is 16.2. The predicted molar refractivity (Wildman–Crippen MR) is 75.6 cm³/mol. The summed E-state index contributed by atoms with van der Waals surface area (Å²) in [5.41, 5.74) is -0.628. The number of amides is 1. The number of likely N-dealkylation sites (N-methyl/N-ethyl adjacent to an activating group) is 2. The Morgan fingerprint density at radius 3 is 2.47 bits per heavy atom. The Hall–Kier alpha value is -1.12. The highest BCUT2D eigenvalue weighted by Gasteiger charge is 2.32. The number of nitrogens with zero attached hydrogens (tertiary/aromatic N) is 2. The van der Waals surface area contributed by atoms with E-state index in [1.807, 2.05) is 19.0 Å². The summed E-state index contributed by atoms with van der Waals surface area (Å²) in [5, 5.41) is 15.4. The Morgan fingerprint density at radius 2 is 1.95 bits per heavy atom. The zero-order valence-electron chi connectivity index (χ0n) is 12.2. The smallest absolute Gasteiger partial charge is 0.235 e. The number of hydrogen-bond acceptors (Lipinski definition) is 4. The molecule has 0 heterocycles. The second-order valence-electron chi connectivity index (χ2n) is 5.50. The minimum absolute atomic E-state index is 0.0398. The SMILES string of the molecule is CNCCN(C)CC(=O)NC1(C#N)CCCCCC1. The molecule has 1 amide bonds. The molecule has 0 saturated heterocycles. The van der Waals surface area contributed by atoms with Gasteiger partial charge in [0.25, 0.3) is 0 Å². The molecule has 1 aliphatic rings. The first-order chi connectivity index (χ1) is 9.12. The molecule has 1 saturated carbocycles. The number of nitriles is 1. The molecule has 0 aromatic carbocycles. The Labute approximate surface area is 116 Å². The standard InChI is InChI=1S/C14H26N4O/c1-16-9-10-18(2)11-13(19)17-14(12-15)7-5-3-4-6-8-14/h16H,3-11H2,1-2H3,(H,17,19). The number of rotatable bonds is 6. The summed E-state index contributed by atoms with van der Waals surface area (Å²) in [5.74, 6) is -0.0398. The maximum Gasteiger partial charge on any atom is 0.235 e. The van der Waals surface area contributed by atoms with Crippen molar-refractivity contribution in [3.8, 4) is 6.07 Å². The third-order valence-corrected chi connectivity index (χ3v) is 3.71. The Kier molecular flexibility index (Phi) is 6.82. The van der Waals surface area contributed by atoms with E-state index in [2.05, 4.69) is 16.7 Å². The zero-order chi connectivity index (χ0) is 14.1. The summed E-state index contributed by atoms with van der Waals surface area (Å²) in [6.07, 6.45) is 5.97. The van der Waals surface area contributed by atoms with Crippen molar-refractivity contribution < 1.29 is 4.79 Å². The van der Waals surface area contributed by atoms with E-state index in [0.29, 0.717) is 6.54 Å². The van der Waals surface area contributed by atoms with E-state index in [1.165, 1.54) is 12.8 Å². The highest BCUT2D eigenvalue weighted by Crippen LogP contribution is 2.26. The number of hydrogen-bond donors (Lipinski definition) is 2. The fourth-order valence-corrected chi connectivity index (χ4v) is 2.53. The molecule has 0 unspecified atom stereocenters. The summed E-state index contributed by atoms with van der Waals surface area (Å²) in [6.45, 7) is 2.03. The lowest BCUT2D eigenvalue weighted by molar-refractivity contribution is -0.123. The highest BCUT2D eigenvalue weighted by molar-refractivity contribution is 5.79. The molecule has 108 valence electrons. The fourth-order valence-electron chi connectivity index (χ4n) is 2.53. The maximum absolute atomic E-state index is 12.0. The number of nitrogens with one attached hydrogen (secondary N) is 2. The second-order valence-corrected chi connectivity index (χ2v) is 5.50. The van der Waals surface area contributed by atoms with Crippen molar-refractivity contribution in [1.29, 1.82) is 5.26 Å². The minimum Gasteiger partial charge on any atom is -0.337 e. The van der Waals surface area contributed by atoms with Gasteiger partial charge in [0, 0.05) is 13.1 Å². The van der Waals surface area contributed by atoms with E-state index in [9.17, 15) is 10.1 Å². The van der Waals surface area contributed by atoms with Gasteiger partial charge in [-0.05, 0) is 26.9 Å². The topological polar surface area (TPSA) is 68.2 Å². The van der Waals surface area contributed by atoms with E-state index in [0.717, 1.165) is 38.8 Å². The third-order valence-electron chi connectivity index (χ3n) is 3.71. The molecule has 1 aliphatic carbocycles. The molecule has 0 spiro atoms. The largest absolute Gasteiger partial charge is 0.337 e. The summed E-state index contributed by atoms with van der Waals surface area (Å²) >= 11 is 0. The van der Waals surface area contributed by atoms with E-state index in [4.69, 9.17) is 0 Å². The molecule has 2 N–H and O–H groups in total. The quantitative estimate of drug-likeness (QED) is 0.700. The van der Waals surface area contributed by atoms with Crippen LogP contribution in [0.2, 0.25) is 0 Å². The van der Waals surface area contributed by atoms with Crippen molar-refractivity contribution in [2.45, 2.75) is 44.1 Å². The molecule has 5 heteroatoms. The molecule has 1 rings (SSSR count). The molecule has 1 fully saturated rings. The third kappa shape index (κ3) is 5.58. The lowest BCUT2D eigenvalue weighted by atomic mass is 9.92. The molecule has 0 bridgehead atoms. The molecule has 0 atom stereocenters. The van der Waals surface area contributed by atoms with Crippen molar-refractivity contribution in [3.63, 3.8) is 0 Å². The average molecular weight is 266 g/mol. The van der Waals surface area contributed by atoms with Gasteiger partial charge < -0.3 is 10.6 Å². The lowest BCUT2D eigenvalue weighted by Gasteiger charge is -2.27. The van der Waals surface area contributed by atoms with Crippen LogP contribution < -0.4 is 10.6 Å². The first kappa shape index (κ1) is 15.9. The summed E-state index contributed by atoms with van der Waals surface area (Å²) in [7, 11) is 3.81. The first-order valence-electron chi connectivity index (χ1n) is 7.17. The lowest BCUT2D eigenvalue weighted by Crippen LogP contribution is -2.50. The predicted octanol–water partition coefficient (Wildman–Crippen LogP) is 0.870. The van der Waals surface area contributed by atoms with Crippen molar-refractivity contribution in [2.75, 3.05) is 33.7 Å². The van der Waals surface area contributed by atoms with Gasteiger partial charge in [-0.25, -0.2) is 0 Å². The number of carbonyl (C=O) groups excluding carboxylic acids is 1. The minimum atomic E-state index is -0.628. The molecular weight excluding hydrogens is 240 g/mol. The Balaban J connectivity index is 2.46. The first-order valence-corrected chi connectivity index (χ1v) is 7.17. The van der Waals surface area contributed by atoms with Gasteiger partial charge in [0.1, 0.15) is 5.54 Å². The summed E-state index contributed by atoms with van der Waals surface area (Å²) < 4.78 is 0. The van der Waals surface area contributed by atoms with Crippen LogP contribution in [0.15, 0.2) is 0 Å². The number of carbonyl (C=O) groups is 1. The van der Waals surface area contributed by atoms with Crippen LogP contribution in [0.25, 0.3) is 0 Å².